The number of hydrogen-bond donors (Lipinski definition) is 1. The van der Waals surface area contributed by atoms with Crippen LogP contribution in [0.1, 0.15) is 51.1 Å². The molecule has 0 radical (unpaired) electrons. The first-order valence-electron chi connectivity index (χ1n) is 8.63. The van der Waals surface area contributed by atoms with Crippen molar-refractivity contribution in [3.05, 3.63) is 51.5 Å². The second-order valence-corrected chi connectivity index (χ2v) is 8.28. The van der Waals surface area contributed by atoms with Gasteiger partial charge in [-0.15, -0.1) is 0 Å². The topological polar surface area (TPSA) is 90.1 Å². The lowest BCUT2D eigenvalue weighted by atomic mass is 9.82. The van der Waals surface area contributed by atoms with Crippen LogP contribution in [0, 0.1) is 17.0 Å². The third kappa shape index (κ3) is 3.21. The fourth-order valence-electron chi connectivity index (χ4n) is 4.16. The number of aromatic nitrogens is 2. The molecule has 0 saturated heterocycles. The van der Waals surface area contributed by atoms with E-state index in [0.717, 1.165) is 12.1 Å². The van der Waals surface area contributed by atoms with E-state index in [2.05, 4.69) is 44.1 Å². The number of rotatable bonds is 4. The highest BCUT2D eigenvalue weighted by molar-refractivity contribution is 5.90. The normalized spacial score (nSPS) is 17.0. The van der Waals surface area contributed by atoms with Crippen molar-refractivity contribution < 1.29 is 9.72 Å². The van der Waals surface area contributed by atoms with E-state index < -0.39 is 4.92 Å². The van der Waals surface area contributed by atoms with Gasteiger partial charge in [-0.1, -0.05) is 33.8 Å². The lowest BCUT2D eigenvalue weighted by Crippen LogP contribution is -2.19. The van der Waals surface area contributed by atoms with Crippen LogP contribution >= 0.6 is 0 Å². The molecule has 0 aliphatic heterocycles. The lowest BCUT2D eigenvalue weighted by molar-refractivity contribution is -0.389. The molecule has 1 amide bonds. The maximum atomic E-state index is 12.4. The molecule has 0 atom stereocenters. The van der Waals surface area contributed by atoms with Gasteiger partial charge in [-0.2, -0.15) is 0 Å². The molecule has 1 aromatic carbocycles. The molecule has 1 aliphatic rings. The highest BCUT2D eigenvalue weighted by Gasteiger charge is 2.41. The van der Waals surface area contributed by atoms with Gasteiger partial charge in [0.25, 0.3) is 0 Å². The Morgan fingerprint density at radius 2 is 1.92 bits per heavy atom. The molecule has 2 aromatic rings. The average molecular weight is 356 g/mol. The van der Waals surface area contributed by atoms with Gasteiger partial charge < -0.3 is 15.4 Å². The zero-order chi connectivity index (χ0) is 19.3. The molecule has 0 spiro atoms. The summed E-state index contributed by atoms with van der Waals surface area (Å²) < 4.78 is 1.48. The number of carbonyl (C=O) groups excluding carboxylic acids is 1. The number of nitrogens with zero attached hydrogens (tertiary/aromatic N) is 3. The van der Waals surface area contributed by atoms with Gasteiger partial charge >= 0.3 is 5.82 Å². The minimum absolute atomic E-state index is 0.0152. The third-order valence-electron chi connectivity index (χ3n) is 5.11. The Morgan fingerprint density at radius 3 is 2.54 bits per heavy atom. The van der Waals surface area contributed by atoms with Crippen molar-refractivity contribution in [3.63, 3.8) is 0 Å². The number of nitrogens with one attached hydrogen (secondary N) is 1. The highest BCUT2D eigenvalue weighted by atomic mass is 16.6. The molecular weight excluding hydrogens is 332 g/mol. The summed E-state index contributed by atoms with van der Waals surface area (Å²) in [5.41, 5.74) is 3.50. The molecule has 7 heteroatoms. The molecule has 0 unspecified atom stereocenters. The van der Waals surface area contributed by atoms with Gasteiger partial charge in [-0.25, -0.2) is 0 Å². The number of nitro groups is 1. The van der Waals surface area contributed by atoms with Crippen molar-refractivity contribution in [2.75, 3.05) is 5.32 Å². The summed E-state index contributed by atoms with van der Waals surface area (Å²) in [6, 6.07) is 6.06. The minimum atomic E-state index is -0.564. The maximum Gasteiger partial charge on any atom is 0.381 e. The van der Waals surface area contributed by atoms with Gasteiger partial charge in [-0.3, -0.25) is 9.36 Å². The average Bonchev–Trinajstić information content (AvgIpc) is 2.95. The van der Waals surface area contributed by atoms with E-state index in [1.807, 2.05) is 12.1 Å². The van der Waals surface area contributed by atoms with Crippen LogP contribution in [0.2, 0.25) is 0 Å². The van der Waals surface area contributed by atoms with Gasteiger partial charge in [0, 0.05) is 12.6 Å². The predicted molar refractivity (Wildman–Crippen MR) is 99.4 cm³/mol. The minimum Gasteiger partial charge on any atom is -0.358 e. The monoisotopic (exact) mass is 356 g/mol. The molecule has 1 aliphatic carbocycles. The van der Waals surface area contributed by atoms with E-state index in [1.165, 1.54) is 21.9 Å². The zero-order valence-corrected chi connectivity index (χ0v) is 15.8. The molecule has 1 N–H and O–H groups in total. The van der Waals surface area contributed by atoms with Crippen LogP contribution in [-0.4, -0.2) is 20.4 Å². The van der Waals surface area contributed by atoms with E-state index in [-0.39, 0.29) is 29.1 Å². The first-order chi connectivity index (χ1) is 12.0. The number of amides is 1. The molecule has 3 rings (SSSR count). The predicted octanol–water partition coefficient (Wildman–Crippen LogP) is 3.70. The number of aryl methyl sites for hydroxylation is 1. The SMILES string of the molecule is Cc1nc([N+](=O)[O-])cn1CC(=O)Nc1ccc2c(c1)C(C)(C)CC2(C)C. The smallest absolute Gasteiger partial charge is 0.358 e. The number of carbonyl (C=O) groups is 1. The van der Waals surface area contributed by atoms with Crippen LogP contribution in [-0.2, 0) is 22.2 Å². The second-order valence-electron chi connectivity index (χ2n) is 8.28. The van der Waals surface area contributed by atoms with Gasteiger partial charge in [0.15, 0.2) is 0 Å². The van der Waals surface area contributed by atoms with Crippen molar-refractivity contribution in [1.29, 1.82) is 0 Å². The Hall–Kier alpha value is -2.70. The van der Waals surface area contributed by atoms with Crippen molar-refractivity contribution in [3.8, 4) is 0 Å². The van der Waals surface area contributed by atoms with Crippen molar-refractivity contribution in [1.82, 2.24) is 9.55 Å². The number of benzene rings is 1. The van der Waals surface area contributed by atoms with Gasteiger partial charge in [-0.05, 0) is 50.4 Å². The Balaban J connectivity index is 1.78. The zero-order valence-electron chi connectivity index (χ0n) is 15.8. The number of anilines is 1. The first-order valence-corrected chi connectivity index (χ1v) is 8.63. The molecule has 0 bridgehead atoms. The summed E-state index contributed by atoms with van der Waals surface area (Å²) in [6.45, 7) is 10.6. The van der Waals surface area contributed by atoms with Crippen LogP contribution in [0.15, 0.2) is 24.4 Å². The lowest BCUT2D eigenvalue weighted by Gasteiger charge is -2.22. The summed E-state index contributed by atoms with van der Waals surface area (Å²) in [4.78, 5) is 26.4. The summed E-state index contributed by atoms with van der Waals surface area (Å²) >= 11 is 0. The third-order valence-corrected chi connectivity index (χ3v) is 5.11. The van der Waals surface area contributed by atoms with Crippen LogP contribution in [0.3, 0.4) is 0 Å². The number of fused-ring (bicyclic) bond motifs is 1. The Labute approximate surface area is 152 Å². The Bertz CT molecular complexity index is 896. The van der Waals surface area contributed by atoms with Crippen molar-refractivity contribution in [2.24, 2.45) is 0 Å². The molecular formula is C19H24N4O3. The molecule has 138 valence electrons. The van der Waals surface area contributed by atoms with Crippen LogP contribution in [0.25, 0.3) is 0 Å². The summed E-state index contributed by atoms with van der Waals surface area (Å²) in [5, 5.41) is 13.7. The quantitative estimate of drug-likeness (QED) is 0.668. The van der Waals surface area contributed by atoms with Crippen molar-refractivity contribution >= 4 is 17.4 Å². The largest absolute Gasteiger partial charge is 0.381 e. The molecule has 1 heterocycles. The summed E-state index contributed by atoms with van der Waals surface area (Å²) in [5.74, 6) is -0.0593. The Kier molecular flexibility index (Phi) is 4.13. The van der Waals surface area contributed by atoms with Gasteiger partial charge in [0.1, 0.15) is 12.7 Å². The Morgan fingerprint density at radius 1 is 1.27 bits per heavy atom. The highest BCUT2D eigenvalue weighted by Crippen LogP contribution is 2.49. The van der Waals surface area contributed by atoms with Crippen molar-refractivity contribution in [2.45, 2.75) is 58.4 Å². The van der Waals surface area contributed by atoms with Crippen LogP contribution < -0.4 is 5.32 Å². The van der Waals surface area contributed by atoms with Gasteiger partial charge in [0.2, 0.25) is 11.7 Å². The molecule has 1 aromatic heterocycles. The van der Waals surface area contributed by atoms with Gasteiger partial charge in [0.05, 0.1) is 0 Å². The standard InChI is InChI=1S/C19H24N4O3/c1-12-20-16(23(25)26)9-22(12)10-17(24)21-13-6-7-14-15(8-13)19(4,5)11-18(14,2)3/h6-9H,10-11H2,1-5H3,(H,21,24). The van der Waals surface area contributed by atoms with Crippen LogP contribution in [0.5, 0.6) is 0 Å². The molecule has 0 saturated carbocycles. The maximum absolute atomic E-state index is 12.4. The fraction of sp³-hybridized carbons (Fsp3) is 0.474. The summed E-state index contributed by atoms with van der Waals surface area (Å²) in [6.07, 6.45) is 2.34. The molecule has 26 heavy (non-hydrogen) atoms. The fourth-order valence-corrected chi connectivity index (χ4v) is 4.16. The number of hydrogen-bond acceptors (Lipinski definition) is 4. The van der Waals surface area contributed by atoms with Crippen LogP contribution in [0.4, 0.5) is 11.5 Å². The van der Waals surface area contributed by atoms with E-state index in [9.17, 15) is 14.9 Å². The second kappa shape index (κ2) is 5.93. The molecule has 7 nitrogen and oxygen atoms in total. The van der Waals surface area contributed by atoms with E-state index >= 15 is 0 Å². The number of imidazole rings is 1. The summed E-state index contributed by atoms with van der Waals surface area (Å²) in [7, 11) is 0. The van der Waals surface area contributed by atoms with E-state index in [0.29, 0.717) is 5.82 Å². The van der Waals surface area contributed by atoms with E-state index in [1.54, 1.807) is 6.92 Å². The van der Waals surface area contributed by atoms with E-state index in [4.69, 9.17) is 0 Å². The first kappa shape index (κ1) is 18.1. The molecule has 0 fully saturated rings.